The first-order valence-electron chi connectivity index (χ1n) is 10.0. The van der Waals surface area contributed by atoms with Gasteiger partial charge in [-0.3, -0.25) is 10.2 Å². The minimum Gasteiger partial charge on any atom is -0.495 e. The lowest BCUT2D eigenvalue weighted by atomic mass is 9.99. The highest BCUT2D eigenvalue weighted by Crippen LogP contribution is 2.33. The molecule has 0 radical (unpaired) electrons. The van der Waals surface area contributed by atoms with Crippen molar-refractivity contribution in [1.82, 2.24) is 20.3 Å². The Hall–Kier alpha value is -3.86. The van der Waals surface area contributed by atoms with Gasteiger partial charge in [0.1, 0.15) is 17.8 Å². The number of rotatable bonds is 6. The Balaban J connectivity index is 1.73. The number of carbonyl (C=O) groups excluding carboxylic acids is 1. The SMILES string of the molecule is COc1cc2c(cc1NN(NC(=O)c1cncnc1)c1ccc(F)c(F)c1F)CN(C)CC2. The molecular formula is C22H21F3N6O2. The van der Waals surface area contributed by atoms with Crippen LogP contribution < -0.4 is 20.7 Å². The Morgan fingerprint density at radius 1 is 1.12 bits per heavy atom. The molecule has 0 atom stereocenters. The van der Waals surface area contributed by atoms with Gasteiger partial charge in [0.25, 0.3) is 5.91 Å². The van der Waals surface area contributed by atoms with E-state index in [1.54, 1.807) is 0 Å². The number of fused-ring (bicyclic) bond motifs is 1. The van der Waals surface area contributed by atoms with Crippen LogP contribution in [0.3, 0.4) is 0 Å². The number of ether oxygens (including phenoxy) is 1. The molecule has 3 aromatic rings. The third-order valence-electron chi connectivity index (χ3n) is 5.25. The zero-order valence-corrected chi connectivity index (χ0v) is 17.9. The van der Waals surface area contributed by atoms with Gasteiger partial charge < -0.3 is 9.64 Å². The minimum absolute atomic E-state index is 0.0753. The highest BCUT2D eigenvalue weighted by atomic mass is 19.2. The second kappa shape index (κ2) is 9.33. The van der Waals surface area contributed by atoms with E-state index in [0.29, 0.717) is 18.0 Å². The van der Waals surface area contributed by atoms with E-state index in [9.17, 15) is 18.0 Å². The summed E-state index contributed by atoms with van der Waals surface area (Å²) in [7, 11) is 3.47. The monoisotopic (exact) mass is 458 g/mol. The van der Waals surface area contributed by atoms with Gasteiger partial charge in [0.2, 0.25) is 0 Å². The number of aromatic nitrogens is 2. The first-order chi connectivity index (χ1) is 15.9. The van der Waals surface area contributed by atoms with Crippen LogP contribution in [0, 0.1) is 17.5 Å². The van der Waals surface area contributed by atoms with Crippen molar-refractivity contribution < 1.29 is 22.7 Å². The standard InChI is InChI=1S/C22H21F3N6O2/c1-30-6-5-13-8-19(33-2)17(7-14(13)11-30)28-31(18-4-3-16(23)20(24)21(18)25)29-22(32)15-9-26-12-27-10-15/h3-4,7-10,12,28H,5-6,11H2,1-2H3,(H,29,32). The van der Waals surface area contributed by atoms with Gasteiger partial charge in [0, 0.05) is 25.5 Å². The number of hydrazine groups is 2. The molecule has 0 saturated heterocycles. The molecule has 1 aliphatic heterocycles. The molecule has 1 aliphatic rings. The van der Waals surface area contributed by atoms with Crippen molar-refractivity contribution >= 4 is 17.3 Å². The summed E-state index contributed by atoms with van der Waals surface area (Å²) in [6.45, 7) is 1.57. The second-order valence-electron chi connectivity index (χ2n) is 7.52. The Kier molecular flexibility index (Phi) is 6.31. The highest BCUT2D eigenvalue weighted by Gasteiger charge is 2.23. The van der Waals surface area contributed by atoms with Gasteiger partial charge in [-0.1, -0.05) is 0 Å². The second-order valence-corrected chi connectivity index (χ2v) is 7.52. The molecule has 172 valence electrons. The summed E-state index contributed by atoms with van der Waals surface area (Å²) in [5, 5.41) is 0.865. The van der Waals surface area contributed by atoms with Gasteiger partial charge in [-0.15, -0.1) is 0 Å². The van der Waals surface area contributed by atoms with Gasteiger partial charge in [-0.05, 0) is 48.9 Å². The number of nitrogens with zero attached hydrogens (tertiary/aromatic N) is 4. The molecule has 0 unspecified atom stereocenters. The van der Waals surface area contributed by atoms with E-state index in [4.69, 9.17) is 4.74 Å². The average molecular weight is 458 g/mol. The Morgan fingerprint density at radius 2 is 1.88 bits per heavy atom. The molecule has 1 aromatic heterocycles. The number of likely N-dealkylation sites (N-methyl/N-ethyl adjacent to an activating group) is 1. The lowest BCUT2D eigenvalue weighted by Gasteiger charge is -2.30. The highest BCUT2D eigenvalue weighted by molar-refractivity contribution is 5.94. The third-order valence-corrected chi connectivity index (χ3v) is 5.25. The maximum Gasteiger partial charge on any atom is 0.274 e. The van der Waals surface area contributed by atoms with Crippen LogP contribution in [0.15, 0.2) is 43.0 Å². The van der Waals surface area contributed by atoms with Crippen LogP contribution >= 0.6 is 0 Å². The van der Waals surface area contributed by atoms with Gasteiger partial charge >= 0.3 is 0 Å². The van der Waals surface area contributed by atoms with E-state index in [2.05, 4.69) is 25.7 Å². The Labute approximate surface area is 188 Å². The van der Waals surface area contributed by atoms with E-state index < -0.39 is 29.0 Å². The maximum atomic E-state index is 14.7. The zero-order valence-electron chi connectivity index (χ0n) is 17.9. The predicted molar refractivity (Wildman–Crippen MR) is 115 cm³/mol. The lowest BCUT2D eigenvalue weighted by molar-refractivity contribution is 0.0950. The number of anilines is 2. The molecule has 11 heteroatoms. The van der Waals surface area contributed by atoms with Crippen LogP contribution in [0.1, 0.15) is 21.5 Å². The van der Waals surface area contributed by atoms with Gasteiger partial charge in [0.05, 0.1) is 18.4 Å². The molecule has 0 aliphatic carbocycles. The van der Waals surface area contributed by atoms with Crippen LogP contribution in [0.4, 0.5) is 24.5 Å². The molecule has 33 heavy (non-hydrogen) atoms. The zero-order chi connectivity index (χ0) is 23.5. The van der Waals surface area contributed by atoms with Crippen molar-refractivity contribution in [2.45, 2.75) is 13.0 Å². The van der Waals surface area contributed by atoms with Crippen molar-refractivity contribution in [2.75, 3.05) is 31.2 Å². The van der Waals surface area contributed by atoms with Crippen molar-refractivity contribution in [3.8, 4) is 5.75 Å². The van der Waals surface area contributed by atoms with Crippen molar-refractivity contribution in [3.05, 3.63) is 77.1 Å². The summed E-state index contributed by atoms with van der Waals surface area (Å²) in [4.78, 5) is 22.4. The first kappa shape index (κ1) is 22.3. The number of carbonyl (C=O) groups is 1. The number of benzene rings is 2. The molecule has 0 spiro atoms. The van der Waals surface area contributed by atoms with E-state index in [1.807, 2.05) is 19.2 Å². The molecule has 2 heterocycles. The lowest BCUT2D eigenvalue weighted by Crippen LogP contribution is -2.47. The minimum atomic E-state index is -1.67. The number of hydrogen-bond donors (Lipinski definition) is 2. The quantitative estimate of drug-likeness (QED) is 0.434. The topological polar surface area (TPSA) is 82.6 Å². The van der Waals surface area contributed by atoms with Crippen molar-refractivity contribution in [1.29, 1.82) is 0 Å². The van der Waals surface area contributed by atoms with E-state index in [-0.39, 0.29) is 5.56 Å². The number of amides is 1. The fourth-order valence-electron chi connectivity index (χ4n) is 3.52. The molecule has 2 N–H and O–H groups in total. The van der Waals surface area contributed by atoms with E-state index in [1.165, 1.54) is 25.8 Å². The third kappa shape index (κ3) is 4.67. The molecule has 8 nitrogen and oxygen atoms in total. The normalized spacial score (nSPS) is 13.2. The van der Waals surface area contributed by atoms with Gasteiger partial charge in [-0.2, -0.15) is 5.12 Å². The summed E-state index contributed by atoms with van der Waals surface area (Å²) in [5.41, 5.74) is 7.42. The maximum absolute atomic E-state index is 14.7. The van der Waals surface area contributed by atoms with Crippen LogP contribution in [0.25, 0.3) is 0 Å². The average Bonchev–Trinajstić information content (AvgIpc) is 2.82. The smallest absolute Gasteiger partial charge is 0.274 e. The summed E-state index contributed by atoms with van der Waals surface area (Å²) in [5.74, 6) is -4.78. The van der Waals surface area contributed by atoms with Crippen molar-refractivity contribution in [2.24, 2.45) is 0 Å². The molecule has 0 bridgehead atoms. The molecule has 1 amide bonds. The molecule has 0 saturated carbocycles. The summed E-state index contributed by atoms with van der Waals surface area (Å²) in [6, 6.07) is 5.43. The molecule has 4 rings (SSSR count). The van der Waals surface area contributed by atoms with Crippen LogP contribution in [-0.2, 0) is 13.0 Å². The first-order valence-corrected chi connectivity index (χ1v) is 10.0. The molecule has 2 aromatic carbocycles. The Bertz CT molecular complexity index is 1180. The number of methoxy groups -OCH3 is 1. The number of hydrogen-bond acceptors (Lipinski definition) is 7. The fraction of sp³-hybridized carbons (Fsp3) is 0.227. The molecular weight excluding hydrogens is 437 g/mol. The number of nitrogens with one attached hydrogen (secondary N) is 2. The van der Waals surface area contributed by atoms with Gasteiger partial charge in [-0.25, -0.2) is 28.6 Å². The predicted octanol–water partition coefficient (Wildman–Crippen LogP) is 3.07. The fourth-order valence-corrected chi connectivity index (χ4v) is 3.52. The Morgan fingerprint density at radius 3 is 2.61 bits per heavy atom. The van der Waals surface area contributed by atoms with E-state index in [0.717, 1.165) is 41.3 Å². The van der Waals surface area contributed by atoms with Crippen LogP contribution in [0.5, 0.6) is 5.75 Å². The number of halogens is 3. The van der Waals surface area contributed by atoms with E-state index >= 15 is 0 Å². The molecule has 0 fully saturated rings. The summed E-state index contributed by atoms with van der Waals surface area (Å²) < 4.78 is 47.7. The summed E-state index contributed by atoms with van der Waals surface area (Å²) >= 11 is 0. The van der Waals surface area contributed by atoms with Crippen molar-refractivity contribution in [3.63, 3.8) is 0 Å². The largest absolute Gasteiger partial charge is 0.495 e. The van der Waals surface area contributed by atoms with Gasteiger partial charge in [0.15, 0.2) is 17.5 Å². The van der Waals surface area contributed by atoms with Crippen LogP contribution in [-0.4, -0.2) is 41.5 Å². The van der Waals surface area contributed by atoms with Crippen LogP contribution in [0.2, 0.25) is 0 Å². The summed E-state index contributed by atoms with van der Waals surface area (Å²) in [6.07, 6.45) is 4.60.